The van der Waals surface area contributed by atoms with Gasteiger partial charge < -0.3 is 23.9 Å². The predicted octanol–water partition coefficient (Wildman–Crippen LogP) is 1.60. The number of methoxy groups -OCH3 is 1. The summed E-state index contributed by atoms with van der Waals surface area (Å²) < 4.78 is 53.8. The molecule has 0 bridgehead atoms. The molecule has 0 saturated heterocycles. The van der Waals surface area contributed by atoms with Crippen LogP contribution in [0.15, 0.2) is 15.5 Å². The van der Waals surface area contributed by atoms with Crippen LogP contribution in [0.3, 0.4) is 0 Å². The van der Waals surface area contributed by atoms with Gasteiger partial charge in [0.25, 0.3) is 5.60 Å². The van der Waals surface area contributed by atoms with Gasteiger partial charge in [0.1, 0.15) is 0 Å². The lowest BCUT2D eigenvalue weighted by atomic mass is 9.94. The Bertz CT molecular complexity index is 668. The van der Waals surface area contributed by atoms with E-state index in [9.17, 15) is 27.9 Å². The Morgan fingerprint density at radius 1 is 1.40 bits per heavy atom. The fourth-order valence-corrected chi connectivity index (χ4v) is 1.73. The Hall–Kier alpha value is -2.56. The number of aliphatic hydroxyl groups is 1. The molecule has 1 N–H and O–H groups in total. The summed E-state index contributed by atoms with van der Waals surface area (Å²) in [5, 5.41) is 10.1. The second kappa shape index (κ2) is 7.55. The van der Waals surface area contributed by atoms with Gasteiger partial charge >= 0.3 is 18.1 Å². The number of nitrogens with zero attached hydrogens (tertiary/aromatic N) is 2. The minimum absolute atomic E-state index is 0.0638. The Morgan fingerprint density at radius 3 is 2.44 bits per heavy atom. The average molecular weight is 366 g/mol. The first kappa shape index (κ1) is 20.5. The van der Waals surface area contributed by atoms with Gasteiger partial charge in [-0.05, 0) is 6.92 Å². The number of esters is 2. The first-order chi connectivity index (χ1) is 11.5. The van der Waals surface area contributed by atoms with Gasteiger partial charge in [0.15, 0.2) is 0 Å². The summed E-state index contributed by atoms with van der Waals surface area (Å²) in [7, 11) is 3.72. The lowest BCUT2D eigenvalue weighted by Crippen LogP contribution is -2.49. The number of hydrogen-bond acceptors (Lipinski definition) is 7. The van der Waals surface area contributed by atoms with Crippen LogP contribution in [0.1, 0.15) is 23.0 Å². The molecule has 1 atom stereocenters. The fraction of sp³-hybridized carbons (Fsp3) is 0.500. The number of carbonyl (C=O) groups excluding carboxylic acids is 2. The molecule has 1 aromatic rings. The van der Waals surface area contributed by atoms with E-state index < -0.39 is 40.9 Å². The third kappa shape index (κ3) is 4.10. The van der Waals surface area contributed by atoms with Crippen molar-refractivity contribution >= 4 is 24.2 Å². The molecule has 0 aliphatic carbocycles. The number of alkyl halides is 3. The second-order valence-corrected chi connectivity index (χ2v) is 4.96. The smallest absolute Gasteiger partial charge is 0.432 e. The number of ether oxygens (including phenoxy) is 2. The quantitative estimate of drug-likeness (QED) is 0.463. The van der Waals surface area contributed by atoms with Crippen LogP contribution >= 0.6 is 0 Å². The lowest BCUT2D eigenvalue weighted by Gasteiger charge is -2.26. The molecule has 0 radical (unpaired) electrons. The Balaban J connectivity index is 3.62. The van der Waals surface area contributed by atoms with Crippen LogP contribution in [0.2, 0.25) is 0 Å². The summed E-state index contributed by atoms with van der Waals surface area (Å²) in [4.78, 5) is 28.4. The third-order valence-corrected chi connectivity index (χ3v) is 2.88. The fourth-order valence-electron chi connectivity index (χ4n) is 1.73. The molecule has 0 amide bonds. The van der Waals surface area contributed by atoms with E-state index in [-0.39, 0.29) is 6.61 Å². The van der Waals surface area contributed by atoms with Gasteiger partial charge in [-0.2, -0.15) is 13.2 Å². The molecule has 0 aromatic carbocycles. The summed E-state index contributed by atoms with van der Waals surface area (Å²) in [5.74, 6) is -4.53. The molecular formula is C14H17F3N2O6. The van der Waals surface area contributed by atoms with E-state index in [2.05, 4.69) is 14.5 Å². The monoisotopic (exact) mass is 366 g/mol. The van der Waals surface area contributed by atoms with Gasteiger partial charge in [0.05, 0.1) is 25.6 Å². The van der Waals surface area contributed by atoms with Crippen molar-refractivity contribution in [3.63, 3.8) is 0 Å². The van der Waals surface area contributed by atoms with Crippen molar-refractivity contribution < 1.29 is 41.8 Å². The zero-order valence-corrected chi connectivity index (χ0v) is 13.9. The SMILES string of the molecule is CCOC(=O)c1cc([C@](O)(C(=O)OC)C(F)(F)F)c(N=CN(C)C)o1. The van der Waals surface area contributed by atoms with Crippen LogP contribution in [-0.4, -0.2) is 62.3 Å². The second-order valence-electron chi connectivity index (χ2n) is 4.96. The molecule has 1 rings (SSSR count). The van der Waals surface area contributed by atoms with E-state index in [1.165, 1.54) is 25.9 Å². The van der Waals surface area contributed by atoms with E-state index in [0.29, 0.717) is 13.2 Å². The standard InChI is InChI=1S/C14H17F3N2O6/c1-5-24-11(20)9-6-8(10(25-9)18-7-19(2)3)13(22,12(21)23-4)14(15,16)17/h6-7,22H,5H2,1-4H3/t13-/m0/s1. The van der Waals surface area contributed by atoms with Gasteiger partial charge in [0.2, 0.25) is 11.6 Å². The molecule has 8 nitrogen and oxygen atoms in total. The topological polar surface area (TPSA) is 102 Å². The molecule has 0 unspecified atom stereocenters. The minimum atomic E-state index is -5.46. The van der Waals surface area contributed by atoms with Gasteiger partial charge in [0, 0.05) is 20.2 Å². The van der Waals surface area contributed by atoms with Crippen molar-refractivity contribution in [3.8, 4) is 0 Å². The largest absolute Gasteiger partial charge is 0.466 e. The molecule has 0 aliphatic heterocycles. The van der Waals surface area contributed by atoms with Gasteiger partial charge in [-0.3, -0.25) is 0 Å². The normalized spacial score (nSPS) is 14.2. The van der Waals surface area contributed by atoms with Gasteiger partial charge in [-0.25, -0.2) is 14.6 Å². The number of furan rings is 1. The maximum absolute atomic E-state index is 13.4. The summed E-state index contributed by atoms with van der Waals surface area (Å²) in [6, 6.07) is 0.546. The highest BCUT2D eigenvalue weighted by Gasteiger charge is 2.64. The number of hydrogen-bond donors (Lipinski definition) is 1. The number of aliphatic imine (C=N–C) groups is 1. The zero-order valence-electron chi connectivity index (χ0n) is 13.9. The first-order valence-corrected chi connectivity index (χ1v) is 6.88. The van der Waals surface area contributed by atoms with Crippen LogP contribution in [-0.2, 0) is 19.9 Å². The minimum Gasteiger partial charge on any atom is -0.466 e. The highest BCUT2D eigenvalue weighted by atomic mass is 19.4. The van der Waals surface area contributed by atoms with Crippen LogP contribution in [0, 0.1) is 0 Å². The summed E-state index contributed by atoms with van der Waals surface area (Å²) in [6.45, 7) is 1.42. The van der Waals surface area contributed by atoms with Crippen LogP contribution in [0.25, 0.3) is 0 Å². The maximum Gasteiger partial charge on any atom is 0.432 e. The average Bonchev–Trinajstić information content (AvgIpc) is 2.95. The van der Waals surface area contributed by atoms with E-state index in [1.54, 1.807) is 0 Å². The van der Waals surface area contributed by atoms with Crippen molar-refractivity contribution in [2.75, 3.05) is 27.8 Å². The van der Waals surface area contributed by atoms with Crippen molar-refractivity contribution in [1.29, 1.82) is 0 Å². The first-order valence-electron chi connectivity index (χ1n) is 6.88. The maximum atomic E-state index is 13.4. The Kier molecular flexibility index (Phi) is 6.19. The number of carbonyl (C=O) groups is 2. The number of rotatable bonds is 6. The van der Waals surface area contributed by atoms with Crippen molar-refractivity contribution in [1.82, 2.24) is 4.90 Å². The molecule has 0 aliphatic rings. The van der Waals surface area contributed by atoms with Gasteiger partial charge in [-0.15, -0.1) is 0 Å². The van der Waals surface area contributed by atoms with Crippen molar-refractivity contribution in [2.24, 2.45) is 4.99 Å². The molecule has 25 heavy (non-hydrogen) atoms. The Morgan fingerprint density at radius 2 is 2.00 bits per heavy atom. The van der Waals surface area contributed by atoms with Crippen molar-refractivity contribution in [3.05, 3.63) is 17.4 Å². The summed E-state index contributed by atoms with van der Waals surface area (Å²) in [5.41, 5.74) is -5.16. The highest BCUT2D eigenvalue weighted by molar-refractivity contribution is 5.90. The van der Waals surface area contributed by atoms with Crippen LogP contribution in [0.5, 0.6) is 0 Å². The van der Waals surface area contributed by atoms with Gasteiger partial charge in [-0.1, -0.05) is 0 Å². The molecule has 1 heterocycles. The predicted molar refractivity (Wildman–Crippen MR) is 78.5 cm³/mol. The molecular weight excluding hydrogens is 349 g/mol. The molecule has 140 valence electrons. The van der Waals surface area contributed by atoms with E-state index >= 15 is 0 Å². The van der Waals surface area contributed by atoms with E-state index in [1.807, 2.05) is 0 Å². The molecule has 0 saturated carbocycles. The van der Waals surface area contributed by atoms with Crippen molar-refractivity contribution in [2.45, 2.75) is 18.7 Å². The lowest BCUT2D eigenvalue weighted by molar-refractivity contribution is -0.266. The highest BCUT2D eigenvalue weighted by Crippen LogP contribution is 2.45. The molecule has 11 heteroatoms. The third-order valence-electron chi connectivity index (χ3n) is 2.88. The zero-order chi connectivity index (χ0) is 19.4. The molecule has 0 spiro atoms. The number of halogens is 3. The van der Waals surface area contributed by atoms with E-state index in [0.717, 1.165) is 6.34 Å². The Labute approximate surface area is 140 Å². The van der Waals surface area contributed by atoms with Crippen LogP contribution in [0.4, 0.5) is 19.1 Å². The molecule has 0 fully saturated rings. The molecule has 1 aromatic heterocycles. The van der Waals surface area contributed by atoms with Crippen LogP contribution < -0.4 is 0 Å². The van der Waals surface area contributed by atoms with E-state index in [4.69, 9.17) is 4.42 Å². The summed E-state index contributed by atoms with van der Waals surface area (Å²) >= 11 is 0. The summed E-state index contributed by atoms with van der Waals surface area (Å²) in [6.07, 6.45) is -4.40.